The van der Waals surface area contributed by atoms with Gasteiger partial charge in [-0.25, -0.2) is 0 Å². The molecule has 0 radical (unpaired) electrons. The van der Waals surface area contributed by atoms with Crippen molar-refractivity contribution in [3.05, 3.63) is 0 Å². The SMILES string of the molecule is CCNC(C)(C)C(=O)OC1CCOC1. The van der Waals surface area contributed by atoms with Crippen molar-refractivity contribution in [1.82, 2.24) is 5.32 Å². The van der Waals surface area contributed by atoms with Crippen molar-refractivity contribution in [3.8, 4) is 0 Å². The fraction of sp³-hybridized carbons (Fsp3) is 0.900. The lowest BCUT2D eigenvalue weighted by molar-refractivity contribution is -0.155. The van der Waals surface area contributed by atoms with E-state index in [-0.39, 0.29) is 12.1 Å². The largest absolute Gasteiger partial charge is 0.458 e. The lowest BCUT2D eigenvalue weighted by Crippen LogP contribution is -2.48. The molecule has 0 amide bonds. The maximum Gasteiger partial charge on any atom is 0.326 e. The zero-order chi connectivity index (χ0) is 10.6. The summed E-state index contributed by atoms with van der Waals surface area (Å²) >= 11 is 0. The monoisotopic (exact) mass is 201 g/mol. The van der Waals surface area contributed by atoms with Gasteiger partial charge in [0.1, 0.15) is 11.6 Å². The molecule has 1 N–H and O–H groups in total. The summed E-state index contributed by atoms with van der Waals surface area (Å²) in [7, 11) is 0. The van der Waals surface area contributed by atoms with Crippen LogP contribution >= 0.6 is 0 Å². The summed E-state index contributed by atoms with van der Waals surface area (Å²) in [5.74, 6) is -0.199. The molecule has 1 saturated heterocycles. The molecule has 1 fully saturated rings. The van der Waals surface area contributed by atoms with Crippen molar-refractivity contribution in [2.24, 2.45) is 0 Å². The van der Waals surface area contributed by atoms with Crippen molar-refractivity contribution in [2.75, 3.05) is 19.8 Å². The van der Waals surface area contributed by atoms with Gasteiger partial charge in [0.05, 0.1) is 13.2 Å². The molecule has 0 aliphatic carbocycles. The van der Waals surface area contributed by atoms with Crippen LogP contribution < -0.4 is 5.32 Å². The van der Waals surface area contributed by atoms with Crippen LogP contribution in [0.1, 0.15) is 27.2 Å². The number of hydrogen-bond acceptors (Lipinski definition) is 4. The second kappa shape index (κ2) is 4.75. The van der Waals surface area contributed by atoms with Crippen LogP contribution in [0.15, 0.2) is 0 Å². The molecule has 1 aliphatic heterocycles. The predicted molar refractivity (Wildman–Crippen MR) is 53.1 cm³/mol. The second-order valence-corrected chi connectivity index (χ2v) is 4.05. The number of carbonyl (C=O) groups is 1. The van der Waals surface area contributed by atoms with Crippen LogP contribution in [-0.4, -0.2) is 37.4 Å². The van der Waals surface area contributed by atoms with E-state index >= 15 is 0 Å². The summed E-state index contributed by atoms with van der Waals surface area (Å²) in [5, 5.41) is 3.08. The molecule has 0 aromatic carbocycles. The van der Waals surface area contributed by atoms with E-state index in [4.69, 9.17) is 9.47 Å². The zero-order valence-electron chi connectivity index (χ0n) is 9.13. The highest BCUT2D eigenvalue weighted by Gasteiger charge is 2.31. The molecule has 1 aliphatic rings. The zero-order valence-corrected chi connectivity index (χ0v) is 9.13. The minimum absolute atomic E-state index is 0.0552. The van der Waals surface area contributed by atoms with Gasteiger partial charge in [-0.15, -0.1) is 0 Å². The minimum atomic E-state index is -0.600. The maximum atomic E-state index is 11.7. The highest BCUT2D eigenvalue weighted by atomic mass is 16.6. The highest BCUT2D eigenvalue weighted by Crippen LogP contribution is 2.13. The maximum absolute atomic E-state index is 11.7. The van der Waals surface area contributed by atoms with Gasteiger partial charge in [-0.2, -0.15) is 0 Å². The first-order valence-corrected chi connectivity index (χ1v) is 5.10. The van der Waals surface area contributed by atoms with Gasteiger partial charge in [0.2, 0.25) is 0 Å². The molecule has 0 aromatic heterocycles. The van der Waals surface area contributed by atoms with Gasteiger partial charge in [-0.05, 0) is 20.4 Å². The number of carbonyl (C=O) groups excluding carboxylic acids is 1. The number of ether oxygens (including phenoxy) is 2. The Bertz CT molecular complexity index is 198. The normalized spacial score (nSPS) is 22.4. The number of rotatable bonds is 4. The lowest BCUT2D eigenvalue weighted by Gasteiger charge is -2.25. The van der Waals surface area contributed by atoms with Gasteiger partial charge in [0, 0.05) is 6.42 Å². The minimum Gasteiger partial charge on any atom is -0.458 e. The summed E-state index contributed by atoms with van der Waals surface area (Å²) in [5.41, 5.74) is -0.600. The van der Waals surface area contributed by atoms with E-state index in [1.54, 1.807) is 0 Å². The number of esters is 1. The van der Waals surface area contributed by atoms with E-state index < -0.39 is 5.54 Å². The average molecular weight is 201 g/mol. The van der Waals surface area contributed by atoms with Crippen LogP contribution in [-0.2, 0) is 14.3 Å². The fourth-order valence-corrected chi connectivity index (χ4v) is 1.42. The highest BCUT2D eigenvalue weighted by molar-refractivity contribution is 5.79. The van der Waals surface area contributed by atoms with Gasteiger partial charge in [-0.3, -0.25) is 4.79 Å². The average Bonchev–Trinajstić information content (AvgIpc) is 2.56. The Morgan fingerprint density at radius 2 is 2.36 bits per heavy atom. The Kier molecular flexibility index (Phi) is 3.89. The van der Waals surface area contributed by atoms with Crippen LogP contribution in [0.4, 0.5) is 0 Å². The third-order valence-corrected chi connectivity index (χ3v) is 2.29. The molecule has 4 nitrogen and oxygen atoms in total. The summed E-state index contributed by atoms with van der Waals surface area (Å²) in [6.07, 6.45) is 0.758. The molecule has 0 spiro atoms. The Morgan fingerprint density at radius 3 is 2.86 bits per heavy atom. The standard InChI is InChI=1S/C10H19NO3/c1-4-11-10(2,3)9(12)14-8-5-6-13-7-8/h8,11H,4-7H2,1-3H3. The van der Waals surface area contributed by atoms with Gasteiger partial charge in [0.15, 0.2) is 0 Å². The first-order chi connectivity index (χ1) is 6.56. The lowest BCUT2D eigenvalue weighted by atomic mass is 10.1. The molecule has 4 heteroatoms. The van der Waals surface area contributed by atoms with E-state index in [2.05, 4.69) is 5.32 Å². The number of likely N-dealkylation sites (N-methyl/N-ethyl adjacent to an activating group) is 1. The van der Waals surface area contributed by atoms with Crippen molar-refractivity contribution >= 4 is 5.97 Å². The van der Waals surface area contributed by atoms with Crippen LogP contribution in [0.3, 0.4) is 0 Å². The predicted octanol–water partition coefficient (Wildman–Crippen LogP) is 0.707. The number of hydrogen-bond donors (Lipinski definition) is 1. The summed E-state index contributed by atoms with van der Waals surface area (Å²) < 4.78 is 10.4. The molecule has 0 aromatic rings. The van der Waals surface area contributed by atoms with E-state index in [0.29, 0.717) is 13.2 Å². The Morgan fingerprint density at radius 1 is 1.64 bits per heavy atom. The summed E-state index contributed by atoms with van der Waals surface area (Å²) in [4.78, 5) is 11.7. The van der Waals surface area contributed by atoms with Gasteiger partial charge >= 0.3 is 5.97 Å². The Balaban J connectivity index is 2.39. The van der Waals surface area contributed by atoms with Crippen molar-refractivity contribution in [2.45, 2.75) is 38.8 Å². The quantitative estimate of drug-likeness (QED) is 0.680. The molecule has 1 rings (SSSR count). The van der Waals surface area contributed by atoms with Crippen LogP contribution in [0.2, 0.25) is 0 Å². The first kappa shape index (κ1) is 11.5. The van der Waals surface area contributed by atoms with Crippen molar-refractivity contribution < 1.29 is 14.3 Å². The number of nitrogens with one attached hydrogen (secondary N) is 1. The molecule has 1 unspecified atom stereocenters. The fourth-order valence-electron chi connectivity index (χ4n) is 1.42. The van der Waals surface area contributed by atoms with Gasteiger partial charge in [0.25, 0.3) is 0 Å². The summed E-state index contributed by atoms with van der Waals surface area (Å²) in [6, 6.07) is 0. The third-order valence-electron chi connectivity index (χ3n) is 2.29. The van der Waals surface area contributed by atoms with E-state index in [1.165, 1.54) is 0 Å². The van der Waals surface area contributed by atoms with Crippen LogP contribution in [0, 0.1) is 0 Å². The topological polar surface area (TPSA) is 47.6 Å². The molecule has 1 heterocycles. The van der Waals surface area contributed by atoms with E-state index in [1.807, 2.05) is 20.8 Å². The van der Waals surface area contributed by atoms with Gasteiger partial charge < -0.3 is 14.8 Å². The Labute approximate surface area is 85.0 Å². The third kappa shape index (κ3) is 2.96. The molecule has 14 heavy (non-hydrogen) atoms. The van der Waals surface area contributed by atoms with Crippen LogP contribution in [0.5, 0.6) is 0 Å². The first-order valence-electron chi connectivity index (χ1n) is 5.10. The van der Waals surface area contributed by atoms with Crippen molar-refractivity contribution in [3.63, 3.8) is 0 Å². The molecule has 0 bridgehead atoms. The van der Waals surface area contributed by atoms with E-state index in [0.717, 1.165) is 13.0 Å². The summed E-state index contributed by atoms with van der Waals surface area (Å²) in [6.45, 7) is 7.60. The Hall–Kier alpha value is -0.610. The van der Waals surface area contributed by atoms with Gasteiger partial charge in [-0.1, -0.05) is 6.92 Å². The van der Waals surface area contributed by atoms with Crippen molar-refractivity contribution in [1.29, 1.82) is 0 Å². The smallest absolute Gasteiger partial charge is 0.326 e. The van der Waals surface area contributed by atoms with E-state index in [9.17, 15) is 4.79 Å². The second-order valence-electron chi connectivity index (χ2n) is 4.05. The molecular weight excluding hydrogens is 182 g/mol. The molecule has 0 saturated carbocycles. The molecular formula is C10H19NO3. The van der Waals surface area contributed by atoms with Crippen LogP contribution in [0.25, 0.3) is 0 Å². The molecule has 1 atom stereocenters. The molecule has 82 valence electrons.